The molecule has 1 N–H and O–H groups in total. The van der Waals surface area contributed by atoms with Crippen molar-refractivity contribution in [3.05, 3.63) is 125 Å². The minimum absolute atomic E-state index is 0.0311. The van der Waals surface area contributed by atoms with Crippen molar-refractivity contribution in [1.29, 1.82) is 0 Å². The average molecular weight is 706 g/mol. The molecule has 0 radical (unpaired) electrons. The molecule has 1 aliphatic rings. The fourth-order valence-electron chi connectivity index (χ4n) is 6.09. The smallest absolute Gasteiger partial charge is 0.264 e. The summed E-state index contributed by atoms with van der Waals surface area (Å²) in [4.78, 5) is 30.3. The molecule has 0 spiro atoms. The van der Waals surface area contributed by atoms with Crippen LogP contribution in [0.5, 0.6) is 5.75 Å². The van der Waals surface area contributed by atoms with Crippen molar-refractivity contribution in [3.8, 4) is 5.75 Å². The van der Waals surface area contributed by atoms with Crippen LogP contribution >= 0.6 is 11.6 Å². The molecular formula is C38H41ClFN3O5S. The Morgan fingerprint density at radius 2 is 1.59 bits per heavy atom. The number of amides is 2. The van der Waals surface area contributed by atoms with Gasteiger partial charge in [-0.3, -0.25) is 13.9 Å². The van der Waals surface area contributed by atoms with E-state index >= 15 is 0 Å². The highest BCUT2D eigenvalue weighted by atomic mass is 35.5. The monoisotopic (exact) mass is 705 g/mol. The lowest BCUT2D eigenvalue weighted by Crippen LogP contribution is -2.55. The number of hydrogen-bond donors (Lipinski definition) is 1. The minimum Gasteiger partial charge on any atom is -0.495 e. The fraction of sp³-hybridized carbons (Fsp3) is 0.316. The lowest BCUT2D eigenvalue weighted by atomic mass is 9.94. The van der Waals surface area contributed by atoms with Crippen molar-refractivity contribution in [3.63, 3.8) is 0 Å². The number of ether oxygens (including phenoxy) is 1. The van der Waals surface area contributed by atoms with Gasteiger partial charge in [0, 0.05) is 24.0 Å². The van der Waals surface area contributed by atoms with Gasteiger partial charge in [-0.2, -0.15) is 0 Å². The van der Waals surface area contributed by atoms with Crippen LogP contribution in [0.1, 0.15) is 48.8 Å². The van der Waals surface area contributed by atoms with Gasteiger partial charge in [0.05, 0.1) is 17.7 Å². The Morgan fingerprint density at radius 1 is 0.918 bits per heavy atom. The van der Waals surface area contributed by atoms with E-state index in [2.05, 4.69) is 5.32 Å². The molecule has 0 heterocycles. The third kappa shape index (κ3) is 9.19. The molecule has 1 unspecified atom stereocenters. The van der Waals surface area contributed by atoms with Gasteiger partial charge in [0.1, 0.15) is 24.2 Å². The summed E-state index contributed by atoms with van der Waals surface area (Å²) in [6, 6.07) is 24.8. The molecule has 0 saturated heterocycles. The molecule has 1 saturated carbocycles. The standard InChI is InChI=1S/C38H41ClFN3O5S/c1-27-13-20-33(21-14-27)49(46,47)43(34-24-30(39)17-22-36(34)48-2)26-37(44)42(25-29-15-18-31(40)19-16-29)35(23-28-9-5-3-6-10-28)38(45)41-32-11-7-4-8-12-32/h3,5-6,9-10,13-22,24,32,35H,4,7-8,11-12,23,25-26H2,1-2H3,(H,41,45). The quantitative estimate of drug-likeness (QED) is 0.160. The van der Waals surface area contributed by atoms with E-state index in [-0.39, 0.29) is 46.3 Å². The number of benzene rings is 4. The molecule has 1 fully saturated rings. The van der Waals surface area contributed by atoms with Gasteiger partial charge in [0.15, 0.2) is 0 Å². The van der Waals surface area contributed by atoms with Crippen LogP contribution in [0.25, 0.3) is 0 Å². The second-order valence-corrected chi connectivity index (χ2v) is 14.6. The zero-order chi connectivity index (χ0) is 35.0. The first-order chi connectivity index (χ1) is 23.5. The molecule has 49 heavy (non-hydrogen) atoms. The van der Waals surface area contributed by atoms with Gasteiger partial charge in [0.2, 0.25) is 11.8 Å². The van der Waals surface area contributed by atoms with E-state index < -0.39 is 34.3 Å². The summed E-state index contributed by atoms with van der Waals surface area (Å²) >= 11 is 6.37. The number of carbonyl (C=O) groups excluding carboxylic acids is 2. The molecule has 1 aliphatic carbocycles. The molecule has 2 amide bonds. The first kappa shape index (κ1) is 35.9. The van der Waals surface area contributed by atoms with Crippen LogP contribution in [-0.2, 0) is 32.6 Å². The number of nitrogens with zero attached hydrogens (tertiary/aromatic N) is 2. The van der Waals surface area contributed by atoms with Crippen molar-refractivity contribution in [1.82, 2.24) is 10.2 Å². The van der Waals surface area contributed by atoms with E-state index in [0.717, 1.165) is 47.5 Å². The Hall–Kier alpha value is -4.41. The number of methoxy groups -OCH3 is 1. The summed E-state index contributed by atoms with van der Waals surface area (Å²) in [5, 5.41) is 3.42. The van der Waals surface area contributed by atoms with Crippen molar-refractivity contribution >= 4 is 39.1 Å². The third-order valence-corrected chi connectivity index (χ3v) is 10.8. The van der Waals surface area contributed by atoms with Crippen LogP contribution in [0.2, 0.25) is 5.02 Å². The van der Waals surface area contributed by atoms with Gasteiger partial charge in [-0.1, -0.05) is 91.0 Å². The molecule has 0 aliphatic heterocycles. The summed E-state index contributed by atoms with van der Waals surface area (Å²) in [7, 11) is -2.96. The van der Waals surface area contributed by atoms with Crippen LogP contribution < -0.4 is 14.4 Å². The molecule has 4 aromatic carbocycles. The Bertz CT molecular complexity index is 1830. The lowest BCUT2D eigenvalue weighted by Gasteiger charge is -2.35. The number of nitrogens with one attached hydrogen (secondary N) is 1. The molecule has 8 nitrogen and oxygen atoms in total. The average Bonchev–Trinajstić information content (AvgIpc) is 3.10. The molecule has 11 heteroatoms. The zero-order valence-electron chi connectivity index (χ0n) is 27.6. The van der Waals surface area contributed by atoms with Gasteiger partial charge in [-0.05, 0) is 73.4 Å². The molecule has 0 aromatic heterocycles. The van der Waals surface area contributed by atoms with E-state index in [1.165, 1.54) is 48.4 Å². The highest BCUT2D eigenvalue weighted by Gasteiger charge is 2.36. The number of rotatable bonds is 13. The maximum Gasteiger partial charge on any atom is 0.264 e. The SMILES string of the molecule is COc1ccc(Cl)cc1N(CC(=O)N(Cc1ccc(F)cc1)C(Cc1ccccc1)C(=O)NC1CCCCC1)S(=O)(=O)c1ccc(C)cc1. The maximum absolute atomic E-state index is 14.7. The van der Waals surface area contributed by atoms with Gasteiger partial charge in [0.25, 0.3) is 10.0 Å². The van der Waals surface area contributed by atoms with Crippen LogP contribution in [0, 0.1) is 12.7 Å². The second-order valence-electron chi connectivity index (χ2n) is 12.3. The van der Waals surface area contributed by atoms with E-state index in [0.29, 0.717) is 5.56 Å². The van der Waals surface area contributed by atoms with Crippen molar-refractivity contribution in [2.45, 2.75) is 69.0 Å². The Kier molecular flexibility index (Phi) is 12.0. The van der Waals surface area contributed by atoms with Gasteiger partial charge >= 0.3 is 0 Å². The van der Waals surface area contributed by atoms with Crippen molar-refractivity contribution < 1.29 is 27.1 Å². The topological polar surface area (TPSA) is 96.0 Å². The molecule has 4 aromatic rings. The van der Waals surface area contributed by atoms with Crippen molar-refractivity contribution in [2.24, 2.45) is 0 Å². The summed E-state index contributed by atoms with van der Waals surface area (Å²) in [5.41, 5.74) is 2.33. The fourth-order valence-corrected chi connectivity index (χ4v) is 7.68. The summed E-state index contributed by atoms with van der Waals surface area (Å²) in [6.45, 7) is 1.10. The summed E-state index contributed by atoms with van der Waals surface area (Å²) in [6.07, 6.45) is 4.96. The maximum atomic E-state index is 14.7. The highest BCUT2D eigenvalue weighted by Crippen LogP contribution is 2.35. The van der Waals surface area contributed by atoms with Crippen LogP contribution in [0.3, 0.4) is 0 Å². The minimum atomic E-state index is -4.36. The number of carbonyl (C=O) groups is 2. The van der Waals surface area contributed by atoms with E-state index in [4.69, 9.17) is 16.3 Å². The van der Waals surface area contributed by atoms with Crippen LogP contribution in [0.15, 0.2) is 102 Å². The predicted molar refractivity (Wildman–Crippen MR) is 190 cm³/mol. The Labute approximate surface area is 292 Å². The number of anilines is 1. The Morgan fingerprint density at radius 3 is 2.24 bits per heavy atom. The highest BCUT2D eigenvalue weighted by molar-refractivity contribution is 7.92. The first-order valence-corrected chi connectivity index (χ1v) is 18.2. The van der Waals surface area contributed by atoms with Crippen LogP contribution in [0.4, 0.5) is 10.1 Å². The van der Waals surface area contributed by atoms with E-state index in [1.807, 2.05) is 37.3 Å². The summed E-state index contributed by atoms with van der Waals surface area (Å²) < 4.78 is 49.2. The number of aryl methyl sites for hydroxylation is 1. The number of hydrogen-bond acceptors (Lipinski definition) is 5. The van der Waals surface area contributed by atoms with Gasteiger partial charge < -0.3 is 15.0 Å². The second kappa shape index (κ2) is 16.3. The molecule has 1 atom stereocenters. The number of halogens is 2. The van der Waals surface area contributed by atoms with Gasteiger partial charge in [-0.25, -0.2) is 12.8 Å². The molecule has 258 valence electrons. The third-order valence-electron chi connectivity index (χ3n) is 8.79. The first-order valence-electron chi connectivity index (χ1n) is 16.4. The van der Waals surface area contributed by atoms with Gasteiger partial charge in [-0.15, -0.1) is 0 Å². The normalized spacial score (nSPS) is 14.1. The summed E-state index contributed by atoms with van der Waals surface area (Å²) in [5.74, 6) is -1.23. The lowest BCUT2D eigenvalue weighted by molar-refractivity contribution is -0.140. The molecule has 0 bridgehead atoms. The van der Waals surface area contributed by atoms with Crippen LogP contribution in [-0.4, -0.2) is 50.9 Å². The van der Waals surface area contributed by atoms with E-state index in [9.17, 15) is 22.4 Å². The zero-order valence-corrected chi connectivity index (χ0v) is 29.2. The largest absolute Gasteiger partial charge is 0.495 e. The number of sulfonamides is 1. The molecule has 5 rings (SSSR count). The predicted octanol–water partition coefficient (Wildman–Crippen LogP) is 7.08. The van der Waals surface area contributed by atoms with Crippen molar-refractivity contribution in [2.75, 3.05) is 18.0 Å². The van der Waals surface area contributed by atoms with E-state index in [1.54, 1.807) is 30.3 Å². The molecular weight excluding hydrogens is 665 g/mol. The Balaban J connectivity index is 1.60.